The maximum Gasteiger partial charge on any atom is 0.123 e. The smallest absolute Gasteiger partial charge is 0.123 e. The SMILES string of the molecule is Cc1ccc(CC(CBr)c2ccc(F)cc2)c(Cl)c1. The average Bonchev–Trinajstić information content (AvgIpc) is 2.39. The molecule has 2 aromatic rings. The van der Waals surface area contributed by atoms with E-state index in [-0.39, 0.29) is 5.82 Å². The summed E-state index contributed by atoms with van der Waals surface area (Å²) >= 11 is 9.80. The van der Waals surface area contributed by atoms with Gasteiger partial charge in [-0.3, -0.25) is 0 Å². The first-order chi connectivity index (χ1) is 9.10. The average molecular weight is 342 g/mol. The third kappa shape index (κ3) is 3.80. The Morgan fingerprint density at radius 1 is 1.16 bits per heavy atom. The Hall–Kier alpha value is -0.860. The van der Waals surface area contributed by atoms with Crippen molar-refractivity contribution in [3.05, 3.63) is 70.0 Å². The van der Waals surface area contributed by atoms with Crippen LogP contribution in [-0.2, 0) is 6.42 Å². The van der Waals surface area contributed by atoms with Crippen molar-refractivity contribution < 1.29 is 4.39 Å². The van der Waals surface area contributed by atoms with Gasteiger partial charge in [-0.25, -0.2) is 4.39 Å². The number of hydrogen-bond acceptors (Lipinski definition) is 0. The third-order valence-corrected chi connectivity index (χ3v) is 4.34. The fourth-order valence-electron chi connectivity index (χ4n) is 2.08. The summed E-state index contributed by atoms with van der Waals surface area (Å²) in [6.07, 6.45) is 0.843. The maximum absolute atomic E-state index is 13.0. The van der Waals surface area contributed by atoms with E-state index < -0.39 is 0 Å². The molecule has 2 rings (SSSR count). The van der Waals surface area contributed by atoms with Gasteiger partial charge in [0, 0.05) is 10.4 Å². The van der Waals surface area contributed by atoms with Crippen molar-refractivity contribution in [2.45, 2.75) is 19.3 Å². The molecule has 0 saturated heterocycles. The summed E-state index contributed by atoms with van der Waals surface area (Å²) < 4.78 is 13.0. The topological polar surface area (TPSA) is 0 Å². The first-order valence-corrected chi connectivity index (χ1v) is 7.66. The lowest BCUT2D eigenvalue weighted by Gasteiger charge is -2.16. The van der Waals surface area contributed by atoms with Crippen LogP contribution in [0.25, 0.3) is 0 Å². The summed E-state index contributed by atoms with van der Waals surface area (Å²) in [5.41, 5.74) is 3.40. The van der Waals surface area contributed by atoms with Crippen molar-refractivity contribution in [1.29, 1.82) is 0 Å². The largest absolute Gasteiger partial charge is 0.207 e. The molecule has 3 heteroatoms. The van der Waals surface area contributed by atoms with E-state index in [4.69, 9.17) is 11.6 Å². The van der Waals surface area contributed by atoms with Crippen molar-refractivity contribution in [2.75, 3.05) is 5.33 Å². The fourth-order valence-corrected chi connectivity index (χ4v) is 2.99. The van der Waals surface area contributed by atoms with Gasteiger partial charge in [0.05, 0.1) is 0 Å². The number of benzene rings is 2. The molecule has 0 aromatic heterocycles. The minimum absolute atomic E-state index is 0.203. The number of alkyl halides is 1. The van der Waals surface area contributed by atoms with E-state index in [0.29, 0.717) is 5.92 Å². The molecule has 0 aliphatic carbocycles. The van der Waals surface area contributed by atoms with Crippen LogP contribution in [0.5, 0.6) is 0 Å². The van der Waals surface area contributed by atoms with Crippen molar-refractivity contribution in [1.82, 2.24) is 0 Å². The predicted octanol–water partition coefficient (Wildman–Crippen LogP) is 5.51. The highest BCUT2D eigenvalue weighted by atomic mass is 79.9. The van der Waals surface area contributed by atoms with Crippen LogP contribution in [0, 0.1) is 12.7 Å². The number of aryl methyl sites for hydroxylation is 1. The molecule has 1 unspecified atom stereocenters. The summed E-state index contributed by atoms with van der Waals surface area (Å²) in [6.45, 7) is 2.03. The van der Waals surface area contributed by atoms with Crippen LogP contribution in [-0.4, -0.2) is 5.33 Å². The van der Waals surface area contributed by atoms with Crippen molar-refractivity contribution in [2.24, 2.45) is 0 Å². The number of rotatable bonds is 4. The van der Waals surface area contributed by atoms with E-state index in [1.54, 1.807) is 0 Å². The van der Waals surface area contributed by atoms with Gasteiger partial charge in [-0.2, -0.15) is 0 Å². The van der Waals surface area contributed by atoms with Crippen molar-refractivity contribution in [3.8, 4) is 0 Å². The van der Waals surface area contributed by atoms with Gasteiger partial charge in [0.2, 0.25) is 0 Å². The monoisotopic (exact) mass is 340 g/mol. The van der Waals surface area contributed by atoms with Crippen LogP contribution in [0.2, 0.25) is 5.02 Å². The van der Waals surface area contributed by atoms with Crippen molar-refractivity contribution >= 4 is 27.5 Å². The molecule has 1 atom stereocenters. The zero-order chi connectivity index (χ0) is 13.8. The normalized spacial score (nSPS) is 12.4. The Kier molecular flexibility index (Phi) is 5.00. The molecule has 0 fully saturated rings. The molecule has 2 aromatic carbocycles. The van der Waals surface area contributed by atoms with Crippen LogP contribution < -0.4 is 0 Å². The molecular formula is C16H15BrClF. The van der Waals surface area contributed by atoms with E-state index in [9.17, 15) is 4.39 Å². The maximum atomic E-state index is 13.0. The molecule has 0 aliphatic rings. The zero-order valence-corrected chi connectivity index (χ0v) is 13.0. The van der Waals surface area contributed by atoms with E-state index >= 15 is 0 Å². The fraction of sp³-hybridized carbons (Fsp3) is 0.250. The standard InChI is InChI=1S/C16H15BrClF/c1-11-2-3-13(16(18)8-11)9-14(10-17)12-4-6-15(19)7-5-12/h2-8,14H,9-10H2,1H3. The Bertz CT molecular complexity index is 551. The van der Waals surface area contributed by atoms with Gasteiger partial charge in [-0.1, -0.05) is 51.8 Å². The summed E-state index contributed by atoms with van der Waals surface area (Å²) in [5, 5.41) is 1.62. The molecule has 0 bridgehead atoms. The molecule has 0 N–H and O–H groups in total. The molecule has 0 amide bonds. The summed E-state index contributed by atoms with van der Waals surface area (Å²) in [4.78, 5) is 0. The molecule has 0 radical (unpaired) electrons. The molecule has 0 spiro atoms. The Balaban J connectivity index is 2.21. The zero-order valence-electron chi connectivity index (χ0n) is 10.7. The summed E-state index contributed by atoms with van der Waals surface area (Å²) in [5.74, 6) is 0.0891. The van der Waals surface area contributed by atoms with Gasteiger partial charge in [-0.15, -0.1) is 0 Å². The highest BCUT2D eigenvalue weighted by Gasteiger charge is 2.13. The first-order valence-electron chi connectivity index (χ1n) is 6.16. The lowest BCUT2D eigenvalue weighted by atomic mass is 9.93. The Morgan fingerprint density at radius 2 is 1.84 bits per heavy atom. The first kappa shape index (κ1) is 14.5. The molecule has 0 aliphatic heterocycles. The molecule has 100 valence electrons. The highest BCUT2D eigenvalue weighted by molar-refractivity contribution is 9.09. The second-order valence-corrected chi connectivity index (χ2v) is 5.76. The lowest BCUT2D eigenvalue weighted by Crippen LogP contribution is -2.05. The summed E-state index contributed by atoms with van der Waals surface area (Å²) in [6, 6.07) is 12.8. The van der Waals surface area contributed by atoms with Crippen LogP contribution in [0.3, 0.4) is 0 Å². The van der Waals surface area contributed by atoms with Crippen LogP contribution >= 0.6 is 27.5 Å². The second-order valence-electron chi connectivity index (χ2n) is 4.70. The van der Waals surface area contributed by atoms with Crippen molar-refractivity contribution in [3.63, 3.8) is 0 Å². The van der Waals surface area contributed by atoms with Crippen LogP contribution in [0.1, 0.15) is 22.6 Å². The van der Waals surface area contributed by atoms with E-state index in [2.05, 4.69) is 28.1 Å². The predicted molar refractivity (Wildman–Crippen MR) is 82.8 cm³/mol. The third-order valence-electron chi connectivity index (χ3n) is 3.20. The minimum atomic E-state index is -0.203. The van der Waals surface area contributed by atoms with Gasteiger partial charge >= 0.3 is 0 Å². The molecular weight excluding hydrogens is 327 g/mol. The van der Waals surface area contributed by atoms with Gasteiger partial charge in [0.15, 0.2) is 0 Å². The van der Waals surface area contributed by atoms with Crippen LogP contribution in [0.15, 0.2) is 42.5 Å². The van der Waals surface area contributed by atoms with Crippen LogP contribution in [0.4, 0.5) is 4.39 Å². The summed E-state index contributed by atoms with van der Waals surface area (Å²) in [7, 11) is 0. The van der Waals surface area contributed by atoms with Gasteiger partial charge in [-0.05, 0) is 54.2 Å². The van der Waals surface area contributed by atoms with E-state index in [1.165, 1.54) is 12.1 Å². The Labute approximate surface area is 126 Å². The second kappa shape index (κ2) is 6.53. The van der Waals surface area contributed by atoms with Gasteiger partial charge in [0.1, 0.15) is 5.82 Å². The molecule has 0 heterocycles. The number of hydrogen-bond donors (Lipinski definition) is 0. The quantitative estimate of drug-likeness (QED) is 0.643. The molecule has 19 heavy (non-hydrogen) atoms. The number of halogens is 3. The van der Waals surface area contributed by atoms with E-state index in [0.717, 1.165) is 33.5 Å². The highest BCUT2D eigenvalue weighted by Crippen LogP contribution is 2.27. The Morgan fingerprint density at radius 3 is 2.42 bits per heavy atom. The molecule has 0 nitrogen and oxygen atoms in total. The minimum Gasteiger partial charge on any atom is -0.207 e. The lowest BCUT2D eigenvalue weighted by molar-refractivity contribution is 0.625. The van der Waals surface area contributed by atoms with Gasteiger partial charge < -0.3 is 0 Å². The molecule has 0 saturated carbocycles. The van der Waals surface area contributed by atoms with Gasteiger partial charge in [0.25, 0.3) is 0 Å². The van der Waals surface area contributed by atoms with E-state index in [1.807, 2.05) is 25.1 Å².